The van der Waals surface area contributed by atoms with Gasteiger partial charge in [0.25, 0.3) is 0 Å². The molecule has 6 heteroatoms. The van der Waals surface area contributed by atoms with Gasteiger partial charge in [0.15, 0.2) is 0 Å². The van der Waals surface area contributed by atoms with Crippen LogP contribution >= 0.6 is 23.2 Å². The summed E-state index contributed by atoms with van der Waals surface area (Å²) in [6.45, 7) is 1.36. The number of amides is 2. The lowest BCUT2D eigenvalue weighted by Gasteiger charge is -2.30. The van der Waals surface area contributed by atoms with Crippen molar-refractivity contribution >= 4 is 40.7 Å². The average molecular weight is 375 g/mol. The maximum Gasteiger partial charge on any atom is 0.234 e. The fraction of sp³-hybridized carbons (Fsp3) is 0.263. The summed E-state index contributed by atoms with van der Waals surface area (Å²) in [5.41, 5.74) is 3.64. The molecule has 4 nitrogen and oxygen atoms in total. The zero-order valence-corrected chi connectivity index (χ0v) is 14.9. The normalized spacial score (nSPS) is 20.1. The van der Waals surface area contributed by atoms with Crippen molar-refractivity contribution in [3.8, 4) is 0 Å². The van der Waals surface area contributed by atoms with E-state index in [1.807, 2.05) is 30.3 Å². The molecule has 0 radical (unpaired) electrons. The molecule has 2 heterocycles. The molecule has 0 bridgehead atoms. The predicted octanol–water partition coefficient (Wildman–Crippen LogP) is 3.88. The number of hydrogen-bond acceptors (Lipinski definition) is 3. The van der Waals surface area contributed by atoms with Crippen LogP contribution < -0.4 is 10.2 Å². The van der Waals surface area contributed by atoms with Crippen molar-refractivity contribution in [1.29, 1.82) is 0 Å². The van der Waals surface area contributed by atoms with Gasteiger partial charge >= 0.3 is 0 Å². The second kappa shape index (κ2) is 6.45. The number of carbonyl (C=O) groups excluding carboxylic acids is 2. The van der Waals surface area contributed by atoms with Crippen LogP contribution in [-0.4, -0.2) is 18.4 Å². The summed E-state index contributed by atoms with van der Waals surface area (Å²) in [5.74, 6) is -0.325. The van der Waals surface area contributed by atoms with Gasteiger partial charge in [-0.05, 0) is 34.9 Å². The minimum Gasteiger partial charge on any atom is -0.312 e. The first-order chi connectivity index (χ1) is 12.1. The zero-order chi connectivity index (χ0) is 17.6. The Morgan fingerprint density at radius 1 is 1.00 bits per heavy atom. The fourth-order valence-electron chi connectivity index (χ4n) is 3.68. The number of para-hydroxylation sites is 1. The van der Waals surface area contributed by atoms with Gasteiger partial charge in [-0.2, -0.15) is 0 Å². The molecule has 128 valence electrons. The van der Waals surface area contributed by atoms with E-state index in [0.717, 1.165) is 16.7 Å². The Balaban J connectivity index is 1.86. The topological polar surface area (TPSA) is 49.4 Å². The third-order valence-electron chi connectivity index (χ3n) is 4.83. The summed E-state index contributed by atoms with van der Waals surface area (Å²) in [7, 11) is 0. The van der Waals surface area contributed by atoms with Crippen molar-refractivity contribution in [2.24, 2.45) is 0 Å². The Hall–Kier alpha value is -1.88. The molecule has 0 saturated carbocycles. The third-order valence-corrected chi connectivity index (χ3v) is 5.38. The number of rotatable bonds is 2. The predicted molar refractivity (Wildman–Crippen MR) is 98.2 cm³/mol. The molecule has 1 fully saturated rings. The highest BCUT2D eigenvalue weighted by Crippen LogP contribution is 2.40. The number of halogens is 2. The van der Waals surface area contributed by atoms with Gasteiger partial charge in [-0.3, -0.25) is 14.5 Å². The van der Waals surface area contributed by atoms with Crippen LogP contribution in [0, 0.1) is 0 Å². The van der Waals surface area contributed by atoms with Crippen LogP contribution in [0.25, 0.3) is 0 Å². The summed E-state index contributed by atoms with van der Waals surface area (Å²) in [6, 6.07) is 11.2. The highest BCUT2D eigenvalue weighted by molar-refractivity contribution is 6.35. The molecule has 1 N–H and O–H groups in total. The maximum atomic E-state index is 12.2. The minimum atomic E-state index is -0.148. The fourth-order valence-corrected chi connectivity index (χ4v) is 4.26. The molecule has 1 atom stereocenters. The number of fused-ring (bicyclic) bond motifs is 1. The molecule has 2 amide bonds. The summed E-state index contributed by atoms with van der Waals surface area (Å²) < 4.78 is 0. The number of imide groups is 1. The van der Waals surface area contributed by atoms with E-state index in [0.29, 0.717) is 28.8 Å². The van der Waals surface area contributed by atoms with Gasteiger partial charge < -0.3 is 5.32 Å². The molecule has 0 aromatic heterocycles. The number of carbonyl (C=O) groups is 2. The van der Waals surface area contributed by atoms with Gasteiger partial charge in [0.05, 0.1) is 5.69 Å². The Morgan fingerprint density at radius 2 is 1.72 bits per heavy atom. The van der Waals surface area contributed by atoms with Crippen molar-refractivity contribution < 1.29 is 9.59 Å². The SMILES string of the molecule is O=C1CCC(=O)N1c1ccccc1[C@@H]1CNCc2c(Cl)cc(Cl)cc21. The Bertz CT molecular complexity index is 866. The summed E-state index contributed by atoms with van der Waals surface area (Å²) in [6.07, 6.45) is 0.536. The molecule has 4 rings (SSSR count). The van der Waals surface area contributed by atoms with Crippen molar-refractivity contribution in [2.75, 3.05) is 11.4 Å². The van der Waals surface area contributed by atoms with E-state index >= 15 is 0 Å². The van der Waals surface area contributed by atoms with E-state index in [2.05, 4.69) is 5.32 Å². The molecule has 0 aliphatic carbocycles. The average Bonchev–Trinajstić information content (AvgIpc) is 2.93. The highest BCUT2D eigenvalue weighted by atomic mass is 35.5. The maximum absolute atomic E-state index is 12.2. The molecule has 0 spiro atoms. The largest absolute Gasteiger partial charge is 0.312 e. The highest BCUT2D eigenvalue weighted by Gasteiger charge is 2.34. The number of nitrogens with zero attached hydrogens (tertiary/aromatic N) is 1. The second-order valence-corrected chi connectivity index (χ2v) is 7.16. The van der Waals surface area contributed by atoms with E-state index in [9.17, 15) is 9.59 Å². The van der Waals surface area contributed by atoms with Gasteiger partial charge in [0.1, 0.15) is 0 Å². The summed E-state index contributed by atoms with van der Waals surface area (Å²) in [4.78, 5) is 25.8. The molecule has 25 heavy (non-hydrogen) atoms. The van der Waals surface area contributed by atoms with E-state index in [1.54, 1.807) is 6.07 Å². The first-order valence-electron chi connectivity index (χ1n) is 8.19. The van der Waals surface area contributed by atoms with Gasteiger partial charge in [-0.1, -0.05) is 41.4 Å². The summed E-state index contributed by atoms with van der Waals surface area (Å²) >= 11 is 12.6. The molecule has 2 aliphatic heterocycles. The molecule has 1 saturated heterocycles. The number of anilines is 1. The van der Waals surface area contributed by atoms with Crippen LogP contribution in [0.5, 0.6) is 0 Å². The van der Waals surface area contributed by atoms with Crippen molar-refractivity contribution in [2.45, 2.75) is 25.3 Å². The Morgan fingerprint density at radius 3 is 2.48 bits per heavy atom. The molecular weight excluding hydrogens is 359 g/mol. The Kier molecular flexibility index (Phi) is 4.28. The lowest BCUT2D eigenvalue weighted by molar-refractivity contribution is -0.121. The van der Waals surface area contributed by atoms with Crippen LogP contribution in [0.3, 0.4) is 0 Å². The van der Waals surface area contributed by atoms with Crippen molar-refractivity contribution in [3.63, 3.8) is 0 Å². The zero-order valence-electron chi connectivity index (χ0n) is 13.4. The number of nitrogens with one attached hydrogen (secondary N) is 1. The lowest BCUT2D eigenvalue weighted by Crippen LogP contribution is -2.33. The Labute approximate surface area is 155 Å². The van der Waals surface area contributed by atoms with E-state index in [-0.39, 0.29) is 30.6 Å². The van der Waals surface area contributed by atoms with Gasteiger partial charge in [-0.15, -0.1) is 0 Å². The van der Waals surface area contributed by atoms with Crippen LogP contribution in [0.4, 0.5) is 5.69 Å². The van der Waals surface area contributed by atoms with Crippen LogP contribution in [0.1, 0.15) is 35.4 Å². The first kappa shape index (κ1) is 16.6. The monoisotopic (exact) mass is 374 g/mol. The standard InChI is InChI=1S/C19H16Cl2N2O2/c20-11-7-13-14(9-22-10-15(13)16(21)8-11)12-3-1-2-4-17(12)23-18(24)5-6-19(23)25/h1-4,7-8,14,22H,5-6,9-10H2/t14-/m0/s1. The third kappa shape index (κ3) is 2.84. The molecule has 2 aliphatic rings. The van der Waals surface area contributed by atoms with E-state index < -0.39 is 0 Å². The quantitative estimate of drug-likeness (QED) is 0.811. The molecule has 2 aromatic rings. The molecule has 2 aromatic carbocycles. The first-order valence-corrected chi connectivity index (χ1v) is 8.95. The second-order valence-electron chi connectivity index (χ2n) is 6.32. The summed E-state index contributed by atoms with van der Waals surface area (Å²) in [5, 5.41) is 4.59. The van der Waals surface area contributed by atoms with Crippen LogP contribution in [0.15, 0.2) is 36.4 Å². The van der Waals surface area contributed by atoms with Gasteiger partial charge in [-0.25, -0.2) is 0 Å². The lowest BCUT2D eigenvalue weighted by atomic mass is 9.84. The molecular formula is C19H16Cl2N2O2. The van der Waals surface area contributed by atoms with E-state index in [1.165, 1.54) is 4.90 Å². The van der Waals surface area contributed by atoms with Crippen LogP contribution in [-0.2, 0) is 16.1 Å². The minimum absolute atomic E-state index is 0.0302. The van der Waals surface area contributed by atoms with Gasteiger partial charge in [0, 0.05) is 41.9 Å². The molecule has 0 unspecified atom stereocenters. The van der Waals surface area contributed by atoms with Gasteiger partial charge in [0.2, 0.25) is 11.8 Å². The van der Waals surface area contributed by atoms with Crippen molar-refractivity contribution in [3.05, 3.63) is 63.1 Å². The van der Waals surface area contributed by atoms with E-state index in [4.69, 9.17) is 23.2 Å². The number of hydrogen-bond donors (Lipinski definition) is 1. The number of benzene rings is 2. The van der Waals surface area contributed by atoms with Crippen molar-refractivity contribution in [1.82, 2.24) is 5.32 Å². The smallest absolute Gasteiger partial charge is 0.234 e. The van der Waals surface area contributed by atoms with Crippen LogP contribution in [0.2, 0.25) is 10.0 Å².